The second-order valence-corrected chi connectivity index (χ2v) is 5.17. The highest BCUT2D eigenvalue weighted by Crippen LogP contribution is 2.22. The third-order valence-electron chi connectivity index (χ3n) is 3.08. The highest BCUT2D eigenvalue weighted by molar-refractivity contribution is 5.99. The molecule has 0 spiro atoms. The zero-order valence-corrected chi connectivity index (χ0v) is 14.7. The highest BCUT2D eigenvalue weighted by atomic mass is 16.9. The van der Waals surface area contributed by atoms with E-state index in [0.29, 0.717) is 22.8 Å². The fourth-order valence-electron chi connectivity index (χ4n) is 1.85. The zero-order chi connectivity index (χ0) is 20.4. The second-order valence-electron chi connectivity index (χ2n) is 5.17. The van der Waals surface area contributed by atoms with Gasteiger partial charge in [-0.1, -0.05) is 0 Å². The van der Waals surface area contributed by atoms with Crippen molar-refractivity contribution < 1.29 is 25.0 Å². The van der Waals surface area contributed by atoms with Crippen molar-refractivity contribution in [2.45, 2.75) is 13.8 Å². The number of rotatable bonds is 5. The van der Waals surface area contributed by atoms with Crippen molar-refractivity contribution in [3.63, 3.8) is 0 Å². The minimum atomic E-state index is -1.25. The van der Waals surface area contributed by atoms with Crippen LogP contribution in [-0.4, -0.2) is 33.0 Å². The maximum atomic E-state index is 11.2. The van der Waals surface area contributed by atoms with Crippen molar-refractivity contribution in [1.82, 2.24) is 0 Å². The molecule has 0 unspecified atom stereocenters. The number of ketones is 1. The van der Waals surface area contributed by atoms with Crippen LogP contribution in [0.3, 0.4) is 0 Å². The van der Waals surface area contributed by atoms with Crippen molar-refractivity contribution in [2.75, 3.05) is 0 Å². The molecule has 10 nitrogen and oxygen atoms in total. The molecule has 0 amide bonds. The molecular formula is C17H20N5O5+. The van der Waals surface area contributed by atoms with E-state index < -0.39 is 5.09 Å². The van der Waals surface area contributed by atoms with E-state index in [2.05, 4.69) is 10.2 Å². The number of guanidine groups is 1. The quantitative estimate of drug-likeness (QED) is 0.270. The van der Waals surface area contributed by atoms with Gasteiger partial charge < -0.3 is 16.2 Å². The summed E-state index contributed by atoms with van der Waals surface area (Å²) in [6.45, 7) is 3.34. The van der Waals surface area contributed by atoms with Crippen LogP contribution in [0.5, 0.6) is 11.5 Å². The molecule has 2 aromatic carbocycles. The van der Waals surface area contributed by atoms with Gasteiger partial charge in [0.25, 0.3) is 0 Å². The molecule has 0 aliphatic rings. The summed E-state index contributed by atoms with van der Waals surface area (Å²) >= 11 is 0. The Morgan fingerprint density at radius 3 is 1.67 bits per heavy atom. The lowest BCUT2D eigenvalue weighted by Gasteiger charge is -2.07. The van der Waals surface area contributed by atoms with Gasteiger partial charge in [0, 0.05) is 5.56 Å². The standard InChI is InChI=1S/C17H18N4O2.H2NO3/c1-11(20-21-17(18)19)13-3-7-15(8-4-13)23-16-9-5-14(6-10-16)12(2)22;2-1(3)4/h3-10H,1-2H3,(H4,18,19,21);(H2,2,3,4)/q;+1/b20-11+;. The van der Waals surface area contributed by atoms with Gasteiger partial charge in [0.15, 0.2) is 5.78 Å². The Bertz CT molecular complexity index is 837. The van der Waals surface area contributed by atoms with Gasteiger partial charge in [-0.3, -0.25) is 4.79 Å². The number of nitrogens with two attached hydrogens (primary N) is 2. The Hall–Kier alpha value is -3.95. The maximum Gasteiger partial charge on any atom is 0.472 e. The molecule has 0 bridgehead atoms. The molecule has 6 N–H and O–H groups in total. The van der Waals surface area contributed by atoms with Crippen LogP contribution in [-0.2, 0) is 0 Å². The van der Waals surface area contributed by atoms with Gasteiger partial charge in [0.1, 0.15) is 16.4 Å². The minimum absolute atomic E-state index is 0.0245. The molecule has 27 heavy (non-hydrogen) atoms. The number of nitrogens with zero attached hydrogens (tertiary/aromatic N) is 3. The first-order valence-corrected chi connectivity index (χ1v) is 7.56. The average molecular weight is 374 g/mol. The van der Waals surface area contributed by atoms with E-state index in [1.165, 1.54) is 6.92 Å². The van der Waals surface area contributed by atoms with Gasteiger partial charge in [-0.05, 0) is 67.9 Å². The summed E-state index contributed by atoms with van der Waals surface area (Å²) in [7, 11) is 0. The normalized spacial score (nSPS) is 10.2. The highest BCUT2D eigenvalue weighted by Gasteiger charge is 2.02. The zero-order valence-electron chi connectivity index (χ0n) is 14.7. The molecule has 2 rings (SSSR count). The second kappa shape index (κ2) is 10.1. The monoisotopic (exact) mass is 374 g/mol. The minimum Gasteiger partial charge on any atom is -0.457 e. The van der Waals surface area contributed by atoms with E-state index in [0.717, 1.165) is 5.56 Å². The molecule has 0 aliphatic carbocycles. The number of carbonyl (C=O) groups excluding carboxylic acids is 1. The predicted octanol–water partition coefficient (Wildman–Crippen LogP) is 2.22. The van der Waals surface area contributed by atoms with E-state index in [9.17, 15) is 4.79 Å². The first-order chi connectivity index (χ1) is 12.7. The fourth-order valence-corrected chi connectivity index (χ4v) is 1.85. The lowest BCUT2D eigenvalue weighted by Crippen LogP contribution is -2.22. The van der Waals surface area contributed by atoms with E-state index in [-0.39, 0.29) is 11.7 Å². The number of hydrogen-bond acceptors (Lipinski definition) is 5. The predicted molar refractivity (Wildman–Crippen MR) is 98.2 cm³/mol. The average Bonchev–Trinajstić information content (AvgIpc) is 2.60. The van der Waals surface area contributed by atoms with E-state index in [4.69, 9.17) is 31.5 Å². The molecule has 0 radical (unpaired) electrons. The molecule has 0 saturated carbocycles. The molecular weight excluding hydrogens is 354 g/mol. The molecule has 142 valence electrons. The fraction of sp³-hybridized carbons (Fsp3) is 0.118. The summed E-state index contributed by atoms with van der Waals surface area (Å²) in [5.41, 5.74) is 12.7. The summed E-state index contributed by atoms with van der Waals surface area (Å²) in [6, 6.07) is 14.4. The van der Waals surface area contributed by atoms with Gasteiger partial charge in [-0.2, -0.15) is 5.10 Å². The molecule has 10 heteroatoms. The molecule has 0 fully saturated rings. The topological polar surface area (TPSA) is 164 Å². The third kappa shape index (κ3) is 8.12. The van der Waals surface area contributed by atoms with Crippen LogP contribution in [0.25, 0.3) is 0 Å². The maximum absolute atomic E-state index is 11.2. The molecule has 0 heterocycles. The summed E-state index contributed by atoms with van der Waals surface area (Å²) in [4.78, 5) is 19.7. The van der Waals surface area contributed by atoms with E-state index in [1.54, 1.807) is 24.3 Å². The Morgan fingerprint density at radius 2 is 1.30 bits per heavy atom. The van der Waals surface area contributed by atoms with Crippen molar-refractivity contribution in [3.05, 3.63) is 64.6 Å². The van der Waals surface area contributed by atoms with Crippen LogP contribution in [0.15, 0.2) is 58.7 Å². The SMILES string of the molecule is CC(=O)c1ccc(Oc2ccc(/C(C)=N/N=C(N)N)cc2)cc1.O=[N+](O)O. The summed E-state index contributed by atoms with van der Waals surface area (Å²) in [6.07, 6.45) is 0. The molecule has 0 saturated heterocycles. The Morgan fingerprint density at radius 1 is 0.889 bits per heavy atom. The molecule has 0 aromatic heterocycles. The Labute approximate surface area is 154 Å². The van der Waals surface area contributed by atoms with Crippen molar-refractivity contribution in [1.29, 1.82) is 0 Å². The number of ether oxygens (including phenoxy) is 1. The smallest absolute Gasteiger partial charge is 0.457 e. The largest absolute Gasteiger partial charge is 0.472 e. The summed E-state index contributed by atoms with van der Waals surface area (Å²) in [5, 5.41) is 20.1. The van der Waals surface area contributed by atoms with Crippen molar-refractivity contribution in [3.8, 4) is 11.5 Å². The molecule has 0 atom stereocenters. The number of hydrogen-bond donors (Lipinski definition) is 4. The van der Waals surface area contributed by atoms with Crippen LogP contribution in [0.2, 0.25) is 0 Å². The molecule has 0 aliphatic heterocycles. The Kier molecular flexibility index (Phi) is 7.92. The van der Waals surface area contributed by atoms with Gasteiger partial charge in [-0.15, -0.1) is 5.10 Å². The lowest BCUT2D eigenvalue weighted by atomic mass is 10.1. The van der Waals surface area contributed by atoms with Gasteiger partial charge in [-0.25, -0.2) is 10.4 Å². The number of carbonyl (C=O) groups is 1. The summed E-state index contributed by atoms with van der Waals surface area (Å²) in [5.74, 6) is 1.28. The van der Waals surface area contributed by atoms with Crippen LogP contribution in [0, 0.1) is 4.91 Å². The number of benzene rings is 2. The van der Waals surface area contributed by atoms with Gasteiger partial charge in [0.2, 0.25) is 5.96 Å². The first kappa shape index (κ1) is 21.1. The van der Waals surface area contributed by atoms with Crippen LogP contribution in [0.1, 0.15) is 29.8 Å². The third-order valence-corrected chi connectivity index (χ3v) is 3.08. The van der Waals surface area contributed by atoms with Crippen molar-refractivity contribution in [2.24, 2.45) is 21.7 Å². The van der Waals surface area contributed by atoms with Crippen LogP contribution >= 0.6 is 0 Å². The van der Waals surface area contributed by atoms with E-state index >= 15 is 0 Å². The van der Waals surface area contributed by atoms with Gasteiger partial charge >= 0.3 is 5.09 Å². The lowest BCUT2D eigenvalue weighted by molar-refractivity contribution is -0.969. The first-order valence-electron chi connectivity index (χ1n) is 7.56. The van der Waals surface area contributed by atoms with E-state index in [1.807, 2.05) is 31.2 Å². The Balaban J connectivity index is 0.000000828. The van der Waals surface area contributed by atoms with Gasteiger partial charge in [0.05, 0.1) is 5.71 Å². The van der Waals surface area contributed by atoms with Crippen LogP contribution < -0.4 is 16.2 Å². The van der Waals surface area contributed by atoms with Crippen molar-refractivity contribution >= 4 is 17.5 Å². The number of Topliss-reactive ketones (excluding diaryl/α,β-unsaturated/α-hetero) is 1. The van der Waals surface area contributed by atoms with Crippen LogP contribution in [0.4, 0.5) is 0 Å². The molecule has 2 aromatic rings. The summed E-state index contributed by atoms with van der Waals surface area (Å²) < 4.78 is 5.73.